The van der Waals surface area contributed by atoms with Crippen LogP contribution >= 0.6 is 11.6 Å². The summed E-state index contributed by atoms with van der Waals surface area (Å²) in [6.07, 6.45) is -4.96. The molecule has 1 rings (SSSR count). The maximum Gasteiger partial charge on any atom is 0.265 e. The molecule has 3 nitrogen and oxygen atoms in total. The number of halogens is 4. The quantitative estimate of drug-likeness (QED) is 0.874. The van der Waals surface area contributed by atoms with Gasteiger partial charge in [0.15, 0.2) is 5.82 Å². The number of hydrogen-bond acceptors (Lipinski definition) is 2. The Balaban J connectivity index is 2.68. The van der Waals surface area contributed by atoms with E-state index >= 15 is 0 Å². The van der Waals surface area contributed by atoms with Gasteiger partial charge in [-0.1, -0.05) is 17.7 Å². The molecule has 0 spiro atoms. The molecule has 0 aliphatic heterocycles. The van der Waals surface area contributed by atoms with Crippen LogP contribution in [0.25, 0.3) is 0 Å². The van der Waals surface area contributed by atoms with Gasteiger partial charge in [-0.2, -0.15) is 0 Å². The molecule has 1 atom stereocenters. The van der Waals surface area contributed by atoms with E-state index in [-0.39, 0.29) is 10.6 Å². The van der Waals surface area contributed by atoms with Crippen molar-refractivity contribution in [1.82, 2.24) is 5.32 Å². The van der Waals surface area contributed by atoms with E-state index in [4.69, 9.17) is 16.7 Å². The van der Waals surface area contributed by atoms with Crippen molar-refractivity contribution in [2.45, 2.75) is 12.5 Å². The molecule has 0 radical (unpaired) electrons. The summed E-state index contributed by atoms with van der Waals surface area (Å²) < 4.78 is 37.2. The van der Waals surface area contributed by atoms with Crippen molar-refractivity contribution in [3.63, 3.8) is 0 Å². The molecule has 0 saturated heterocycles. The Hall–Kier alpha value is -1.27. The Morgan fingerprint density at radius 1 is 1.47 bits per heavy atom. The molecule has 0 aliphatic carbocycles. The van der Waals surface area contributed by atoms with Crippen LogP contribution in [0.3, 0.4) is 0 Å². The second-order valence-corrected chi connectivity index (χ2v) is 3.62. The van der Waals surface area contributed by atoms with E-state index in [0.29, 0.717) is 0 Å². The lowest BCUT2D eigenvalue weighted by atomic mass is 10.2. The smallest absolute Gasteiger partial charge is 0.265 e. The number of carbonyl (C=O) groups is 1. The van der Waals surface area contributed by atoms with Crippen LogP contribution in [0.2, 0.25) is 5.02 Å². The summed E-state index contributed by atoms with van der Waals surface area (Å²) in [6, 6.07) is 3.76. The molecule has 0 aromatic heterocycles. The van der Waals surface area contributed by atoms with Crippen molar-refractivity contribution >= 4 is 17.5 Å². The second-order valence-electron chi connectivity index (χ2n) is 3.21. The van der Waals surface area contributed by atoms with E-state index in [9.17, 15) is 18.0 Å². The van der Waals surface area contributed by atoms with E-state index < -0.39 is 30.8 Å². The summed E-state index contributed by atoms with van der Waals surface area (Å²) in [6.45, 7) is -0.664. The minimum atomic E-state index is -2.97. The van der Waals surface area contributed by atoms with Crippen molar-refractivity contribution < 1.29 is 23.1 Å². The predicted octanol–water partition coefficient (Wildman–Crippen LogP) is 1.83. The van der Waals surface area contributed by atoms with Gasteiger partial charge >= 0.3 is 0 Å². The Labute approximate surface area is 100 Å². The van der Waals surface area contributed by atoms with Gasteiger partial charge in [-0.3, -0.25) is 4.79 Å². The minimum absolute atomic E-state index is 0.243. The van der Waals surface area contributed by atoms with Crippen molar-refractivity contribution in [1.29, 1.82) is 0 Å². The number of aliphatic hydroxyl groups excluding tert-OH is 1. The molecule has 1 aromatic carbocycles. The lowest BCUT2D eigenvalue weighted by molar-refractivity contribution is -0.00272. The van der Waals surface area contributed by atoms with E-state index in [1.807, 2.05) is 5.32 Å². The monoisotopic (exact) mass is 267 g/mol. The maximum atomic E-state index is 13.3. The largest absolute Gasteiger partial charge is 0.385 e. The summed E-state index contributed by atoms with van der Waals surface area (Å²) in [5, 5.41) is 10.5. The standard InChI is InChI=1S/C10H9ClF3NO2/c11-6-3-1-2-5(8(6)12)10(17)15-4-7(16)9(13)14/h1-3,7,9,16H,4H2,(H,15,17). The number of rotatable bonds is 4. The fourth-order valence-electron chi connectivity index (χ4n) is 1.06. The minimum Gasteiger partial charge on any atom is -0.385 e. The summed E-state index contributed by atoms with van der Waals surface area (Å²) in [5.74, 6) is -1.84. The first-order chi connectivity index (χ1) is 7.93. The molecule has 1 unspecified atom stereocenters. The Morgan fingerprint density at radius 2 is 2.12 bits per heavy atom. The predicted molar refractivity (Wildman–Crippen MR) is 55.8 cm³/mol. The third-order valence-corrected chi connectivity index (χ3v) is 2.25. The number of carbonyl (C=O) groups excluding carboxylic acids is 1. The van der Waals surface area contributed by atoms with Crippen LogP contribution in [0.5, 0.6) is 0 Å². The van der Waals surface area contributed by atoms with E-state index in [2.05, 4.69) is 0 Å². The van der Waals surface area contributed by atoms with Gasteiger partial charge in [0, 0.05) is 6.54 Å². The number of benzene rings is 1. The Bertz CT molecular complexity index is 415. The molecule has 0 saturated carbocycles. The SMILES string of the molecule is O=C(NCC(O)C(F)F)c1cccc(Cl)c1F. The maximum absolute atomic E-state index is 13.3. The van der Waals surface area contributed by atoms with Crippen LogP contribution in [-0.4, -0.2) is 30.1 Å². The molecule has 0 aliphatic rings. The Morgan fingerprint density at radius 3 is 2.71 bits per heavy atom. The molecule has 0 heterocycles. The number of nitrogens with one attached hydrogen (secondary N) is 1. The number of alkyl halides is 2. The lowest BCUT2D eigenvalue weighted by Gasteiger charge is -2.11. The van der Waals surface area contributed by atoms with E-state index in [1.54, 1.807) is 0 Å². The fraction of sp³-hybridized carbons (Fsp3) is 0.300. The highest BCUT2D eigenvalue weighted by molar-refractivity contribution is 6.31. The van der Waals surface area contributed by atoms with Crippen LogP contribution in [0.15, 0.2) is 18.2 Å². The van der Waals surface area contributed by atoms with Crippen LogP contribution < -0.4 is 5.32 Å². The van der Waals surface area contributed by atoms with Crippen LogP contribution in [0.4, 0.5) is 13.2 Å². The molecule has 0 fully saturated rings. The second kappa shape index (κ2) is 5.88. The highest BCUT2D eigenvalue weighted by atomic mass is 35.5. The van der Waals surface area contributed by atoms with Gasteiger partial charge < -0.3 is 10.4 Å². The molecule has 2 N–H and O–H groups in total. The normalized spacial score (nSPS) is 12.6. The van der Waals surface area contributed by atoms with Gasteiger partial charge in [0.25, 0.3) is 12.3 Å². The van der Waals surface area contributed by atoms with Gasteiger partial charge in [0.2, 0.25) is 0 Å². The van der Waals surface area contributed by atoms with Gasteiger partial charge in [-0.25, -0.2) is 13.2 Å². The van der Waals surface area contributed by atoms with Crippen molar-refractivity contribution in [3.05, 3.63) is 34.6 Å². The van der Waals surface area contributed by atoms with E-state index in [0.717, 1.165) is 6.07 Å². The van der Waals surface area contributed by atoms with E-state index in [1.165, 1.54) is 12.1 Å². The van der Waals surface area contributed by atoms with Crippen LogP contribution in [0.1, 0.15) is 10.4 Å². The molecular weight excluding hydrogens is 259 g/mol. The molecule has 94 valence electrons. The fourth-order valence-corrected chi connectivity index (χ4v) is 1.24. The van der Waals surface area contributed by atoms with Gasteiger partial charge in [0.1, 0.15) is 6.10 Å². The summed E-state index contributed by atoms with van der Waals surface area (Å²) in [5.41, 5.74) is -0.362. The third-order valence-electron chi connectivity index (χ3n) is 1.96. The molecule has 17 heavy (non-hydrogen) atoms. The molecule has 1 amide bonds. The lowest BCUT2D eigenvalue weighted by Crippen LogP contribution is -2.36. The zero-order valence-electron chi connectivity index (χ0n) is 8.46. The number of hydrogen-bond donors (Lipinski definition) is 2. The van der Waals surface area contributed by atoms with Gasteiger partial charge in [-0.05, 0) is 12.1 Å². The van der Waals surface area contributed by atoms with Crippen molar-refractivity contribution in [3.8, 4) is 0 Å². The molecule has 7 heteroatoms. The summed E-state index contributed by atoms with van der Waals surface area (Å²) in [7, 11) is 0. The molecule has 0 bridgehead atoms. The average Bonchev–Trinajstić information content (AvgIpc) is 2.29. The number of amides is 1. The Kier molecular flexibility index (Phi) is 4.77. The van der Waals surface area contributed by atoms with Gasteiger partial charge in [0.05, 0.1) is 10.6 Å². The van der Waals surface area contributed by atoms with Gasteiger partial charge in [-0.15, -0.1) is 0 Å². The first kappa shape index (κ1) is 13.8. The highest BCUT2D eigenvalue weighted by Crippen LogP contribution is 2.17. The first-order valence-corrected chi connectivity index (χ1v) is 4.99. The van der Waals surface area contributed by atoms with Crippen LogP contribution in [0, 0.1) is 5.82 Å². The first-order valence-electron chi connectivity index (χ1n) is 4.62. The summed E-state index contributed by atoms with van der Waals surface area (Å²) >= 11 is 5.45. The molecule has 1 aromatic rings. The molecular formula is C10H9ClF3NO2. The number of aliphatic hydroxyl groups is 1. The highest BCUT2D eigenvalue weighted by Gasteiger charge is 2.19. The van der Waals surface area contributed by atoms with Crippen molar-refractivity contribution in [2.75, 3.05) is 6.54 Å². The average molecular weight is 268 g/mol. The van der Waals surface area contributed by atoms with Crippen LogP contribution in [-0.2, 0) is 0 Å². The zero-order chi connectivity index (χ0) is 13.0. The topological polar surface area (TPSA) is 49.3 Å². The van der Waals surface area contributed by atoms with Crippen molar-refractivity contribution in [2.24, 2.45) is 0 Å². The third kappa shape index (κ3) is 3.61. The summed E-state index contributed by atoms with van der Waals surface area (Å²) in [4.78, 5) is 11.4. The zero-order valence-corrected chi connectivity index (χ0v) is 9.22.